The second kappa shape index (κ2) is 3.45. The molecule has 0 fully saturated rings. The maximum absolute atomic E-state index is 12.1. The van der Waals surface area contributed by atoms with Gasteiger partial charge in [-0.25, -0.2) is 4.68 Å². The number of hydrogen-bond donors (Lipinski definition) is 0. The lowest BCUT2D eigenvalue weighted by molar-refractivity contribution is -0.0490. The summed E-state index contributed by atoms with van der Waals surface area (Å²) in [6.45, 7) is -1.01. The molecule has 2 aromatic rings. The second-order valence-corrected chi connectivity index (χ2v) is 3.17. The highest BCUT2D eigenvalue weighted by Crippen LogP contribution is 2.27. The molecule has 0 radical (unpaired) electrons. The van der Waals surface area contributed by atoms with E-state index in [-0.39, 0.29) is 5.75 Å². The smallest absolute Gasteiger partial charge is 0.387 e. The Labute approximate surface area is 84.4 Å². The molecule has 0 atom stereocenters. The molecule has 0 bridgehead atoms. The third kappa shape index (κ3) is 1.62. The zero-order chi connectivity index (χ0) is 11.0. The first-order chi connectivity index (χ1) is 7.09. The van der Waals surface area contributed by atoms with Gasteiger partial charge in [0.2, 0.25) is 0 Å². The van der Waals surface area contributed by atoms with Crippen LogP contribution in [0.4, 0.5) is 8.78 Å². The van der Waals surface area contributed by atoms with Crippen LogP contribution in [0.2, 0.25) is 0 Å². The van der Waals surface area contributed by atoms with Crippen LogP contribution in [-0.4, -0.2) is 21.6 Å². The molecular weight excluding hydrogens is 204 g/mol. The molecule has 0 unspecified atom stereocenters. The number of hydrogen-bond acceptors (Lipinski definition) is 3. The Balaban J connectivity index is 2.64. The lowest BCUT2D eigenvalue weighted by Gasteiger charge is -2.06. The fourth-order valence-electron chi connectivity index (χ4n) is 1.45. The predicted octanol–water partition coefficient (Wildman–Crippen LogP) is 1.88. The maximum atomic E-state index is 12.1. The Morgan fingerprint density at radius 3 is 2.80 bits per heavy atom. The summed E-state index contributed by atoms with van der Waals surface area (Å²) in [5.41, 5.74) is 1.94. The quantitative estimate of drug-likeness (QED) is 0.764. The summed E-state index contributed by atoms with van der Waals surface area (Å²) in [5.74, 6) is 0.0955. The van der Waals surface area contributed by atoms with Crippen molar-refractivity contribution in [1.82, 2.24) is 15.0 Å². The summed E-state index contributed by atoms with van der Waals surface area (Å²) in [7, 11) is 1.63. The summed E-state index contributed by atoms with van der Waals surface area (Å²) >= 11 is 0. The normalized spacial score (nSPS) is 11.3. The highest BCUT2D eigenvalue weighted by atomic mass is 19.3. The van der Waals surface area contributed by atoms with Gasteiger partial charge in [0, 0.05) is 7.05 Å². The minimum Gasteiger partial charge on any atom is -0.432 e. The third-order valence-electron chi connectivity index (χ3n) is 2.13. The van der Waals surface area contributed by atoms with Crippen molar-refractivity contribution in [3.63, 3.8) is 0 Å². The molecule has 0 aliphatic heterocycles. The number of halogens is 2. The van der Waals surface area contributed by atoms with Crippen LogP contribution in [0, 0.1) is 6.92 Å². The van der Waals surface area contributed by atoms with Crippen molar-refractivity contribution in [1.29, 1.82) is 0 Å². The van der Waals surface area contributed by atoms with Gasteiger partial charge in [0.05, 0.1) is 0 Å². The average Bonchev–Trinajstić information content (AvgIpc) is 2.54. The molecule has 0 N–H and O–H groups in total. The molecule has 0 aliphatic carbocycles. The van der Waals surface area contributed by atoms with E-state index in [1.165, 1.54) is 10.7 Å². The number of benzene rings is 1. The van der Waals surface area contributed by atoms with E-state index in [0.29, 0.717) is 11.0 Å². The van der Waals surface area contributed by atoms with Gasteiger partial charge in [-0.1, -0.05) is 11.3 Å². The first kappa shape index (κ1) is 9.82. The van der Waals surface area contributed by atoms with Gasteiger partial charge < -0.3 is 4.74 Å². The molecule has 2 rings (SSSR count). The molecular formula is C9H9F2N3O. The van der Waals surface area contributed by atoms with Crippen LogP contribution >= 0.6 is 0 Å². The molecule has 1 aromatic carbocycles. The van der Waals surface area contributed by atoms with Gasteiger partial charge in [-0.05, 0) is 18.6 Å². The van der Waals surface area contributed by atoms with Crippen LogP contribution in [0.15, 0.2) is 12.1 Å². The molecule has 0 saturated carbocycles. The summed E-state index contributed by atoms with van der Waals surface area (Å²) < 4.78 is 30.0. The first-order valence-corrected chi connectivity index (χ1v) is 4.33. The Hall–Kier alpha value is -1.72. The Bertz CT molecular complexity index is 495. The Morgan fingerprint density at radius 2 is 2.13 bits per heavy atom. The van der Waals surface area contributed by atoms with Crippen molar-refractivity contribution < 1.29 is 13.5 Å². The zero-order valence-corrected chi connectivity index (χ0v) is 8.24. The summed E-state index contributed by atoms with van der Waals surface area (Å²) in [4.78, 5) is 0. The van der Waals surface area contributed by atoms with Gasteiger partial charge in [0.15, 0.2) is 5.75 Å². The van der Waals surface area contributed by atoms with Crippen LogP contribution in [-0.2, 0) is 7.05 Å². The summed E-state index contributed by atoms with van der Waals surface area (Å²) in [5, 5.41) is 7.64. The number of ether oxygens (including phenoxy) is 1. The minimum atomic E-state index is -2.84. The molecule has 0 spiro atoms. The van der Waals surface area contributed by atoms with Gasteiger partial charge in [0.1, 0.15) is 11.0 Å². The fourth-order valence-corrected chi connectivity index (χ4v) is 1.45. The Morgan fingerprint density at radius 1 is 1.40 bits per heavy atom. The van der Waals surface area contributed by atoms with Crippen LogP contribution < -0.4 is 4.74 Å². The summed E-state index contributed by atoms with van der Waals surface area (Å²) in [6, 6.07) is 3.17. The number of rotatable bonds is 2. The van der Waals surface area contributed by atoms with Gasteiger partial charge in [-0.3, -0.25) is 0 Å². The number of aromatic nitrogens is 3. The van der Waals surface area contributed by atoms with Gasteiger partial charge in [-0.15, -0.1) is 5.10 Å². The van der Waals surface area contributed by atoms with Crippen LogP contribution in [0.3, 0.4) is 0 Å². The molecule has 6 heteroatoms. The van der Waals surface area contributed by atoms with E-state index in [1.807, 2.05) is 6.92 Å². The largest absolute Gasteiger partial charge is 0.432 e. The van der Waals surface area contributed by atoms with Crippen LogP contribution in [0.5, 0.6) is 5.75 Å². The van der Waals surface area contributed by atoms with Gasteiger partial charge in [0.25, 0.3) is 0 Å². The molecule has 4 nitrogen and oxygen atoms in total. The molecule has 1 aromatic heterocycles. The molecule has 80 valence electrons. The lowest BCUT2D eigenvalue weighted by atomic mass is 10.2. The van der Waals surface area contributed by atoms with E-state index in [4.69, 9.17) is 0 Å². The first-order valence-electron chi connectivity index (χ1n) is 4.33. The van der Waals surface area contributed by atoms with Gasteiger partial charge >= 0.3 is 6.61 Å². The number of fused-ring (bicyclic) bond motifs is 1. The average molecular weight is 213 g/mol. The van der Waals surface area contributed by atoms with Crippen molar-refractivity contribution in [3.05, 3.63) is 17.7 Å². The molecule has 15 heavy (non-hydrogen) atoms. The topological polar surface area (TPSA) is 39.9 Å². The minimum absolute atomic E-state index is 0.0955. The third-order valence-corrected chi connectivity index (χ3v) is 2.13. The summed E-state index contributed by atoms with van der Waals surface area (Å²) in [6.07, 6.45) is 0. The van der Waals surface area contributed by atoms with Crippen molar-refractivity contribution in [2.45, 2.75) is 13.5 Å². The predicted molar refractivity (Wildman–Crippen MR) is 49.9 cm³/mol. The monoisotopic (exact) mass is 213 g/mol. The molecule has 0 amide bonds. The number of alkyl halides is 2. The van der Waals surface area contributed by atoms with Crippen molar-refractivity contribution >= 4 is 11.0 Å². The highest BCUT2D eigenvalue weighted by Gasteiger charge is 2.14. The Kier molecular flexibility index (Phi) is 2.26. The van der Waals surface area contributed by atoms with E-state index < -0.39 is 6.61 Å². The fraction of sp³-hybridized carbons (Fsp3) is 0.333. The van der Waals surface area contributed by atoms with Gasteiger partial charge in [-0.2, -0.15) is 8.78 Å². The number of nitrogens with zero attached hydrogens (tertiary/aromatic N) is 3. The zero-order valence-electron chi connectivity index (χ0n) is 8.24. The van der Waals surface area contributed by atoms with Crippen molar-refractivity contribution in [2.75, 3.05) is 0 Å². The van der Waals surface area contributed by atoms with Crippen LogP contribution in [0.1, 0.15) is 5.56 Å². The SMILES string of the molecule is Cc1ccc(OC(F)F)c2c1nnn2C. The van der Waals surface area contributed by atoms with E-state index in [9.17, 15) is 8.78 Å². The highest BCUT2D eigenvalue weighted by molar-refractivity contribution is 5.84. The van der Waals surface area contributed by atoms with Crippen molar-refractivity contribution in [2.24, 2.45) is 7.05 Å². The van der Waals surface area contributed by atoms with Crippen LogP contribution in [0.25, 0.3) is 11.0 Å². The lowest BCUT2D eigenvalue weighted by Crippen LogP contribution is -2.04. The van der Waals surface area contributed by atoms with E-state index >= 15 is 0 Å². The molecule has 1 heterocycles. The molecule has 0 saturated heterocycles. The maximum Gasteiger partial charge on any atom is 0.387 e. The standard InChI is InChI=1S/C9H9F2N3O/c1-5-3-4-6(15-9(10)11)8-7(5)12-13-14(8)2/h3-4,9H,1-2H3. The van der Waals surface area contributed by atoms with E-state index in [1.54, 1.807) is 13.1 Å². The van der Waals surface area contributed by atoms with E-state index in [0.717, 1.165) is 5.56 Å². The van der Waals surface area contributed by atoms with E-state index in [2.05, 4.69) is 15.0 Å². The second-order valence-electron chi connectivity index (χ2n) is 3.17. The van der Waals surface area contributed by atoms with Crippen molar-refractivity contribution in [3.8, 4) is 5.75 Å². The molecule has 0 aliphatic rings. The number of aryl methyl sites for hydroxylation is 2.